The van der Waals surface area contributed by atoms with Crippen LogP contribution in [0, 0.1) is 0 Å². The van der Waals surface area contributed by atoms with Gasteiger partial charge in [0.15, 0.2) is 23.1 Å². The maximum Gasteiger partial charge on any atom is 0.267 e. The Hall–Kier alpha value is -3.69. The maximum absolute atomic E-state index is 12.8. The van der Waals surface area contributed by atoms with Crippen LogP contribution in [0.2, 0.25) is 0 Å². The Kier molecular flexibility index (Phi) is 4.43. The molecule has 1 aromatic carbocycles. The number of aromatic nitrogens is 5. The summed E-state index contributed by atoms with van der Waals surface area (Å²) in [6, 6.07) is 11.1. The van der Waals surface area contributed by atoms with Gasteiger partial charge in [0.2, 0.25) is 6.10 Å². The van der Waals surface area contributed by atoms with Crippen molar-refractivity contribution in [2.45, 2.75) is 6.10 Å². The first-order chi connectivity index (χ1) is 14.3. The molecule has 1 saturated heterocycles. The molecule has 0 bridgehead atoms. The van der Waals surface area contributed by atoms with E-state index in [0.29, 0.717) is 43.5 Å². The van der Waals surface area contributed by atoms with E-state index in [4.69, 9.17) is 9.47 Å². The largest absolute Gasteiger partial charge is 0.485 e. The second-order valence-corrected chi connectivity index (χ2v) is 6.77. The number of ether oxygens (including phenoxy) is 2. The standard InChI is InChI=1S/C19H19N7O3/c27-19(16-11-28-14-3-1-2-4-15(14)29-16)25-9-7-24(8-10-25)17-5-6-18(23-22-17)26-13-20-12-21-26/h1-6,12-13,16H,7-11H2. The summed E-state index contributed by atoms with van der Waals surface area (Å²) in [6.45, 7) is 2.76. The lowest BCUT2D eigenvalue weighted by molar-refractivity contribution is -0.141. The fourth-order valence-corrected chi connectivity index (χ4v) is 3.44. The monoisotopic (exact) mass is 393 g/mol. The summed E-state index contributed by atoms with van der Waals surface area (Å²) in [7, 11) is 0. The second kappa shape index (κ2) is 7.38. The van der Waals surface area contributed by atoms with Gasteiger partial charge in [0.25, 0.3) is 5.91 Å². The van der Waals surface area contributed by atoms with Gasteiger partial charge in [-0.2, -0.15) is 5.10 Å². The summed E-state index contributed by atoms with van der Waals surface area (Å²) in [5, 5.41) is 12.5. The third-order valence-corrected chi connectivity index (χ3v) is 4.99. The third kappa shape index (κ3) is 3.44. The van der Waals surface area contributed by atoms with Crippen LogP contribution in [0.15, 0.2) is 49.1 Å². The molecule has 2 aromatic heterocycles. The van der Waals surface area contributed by atoms with Gasteiger partial charge in [-0.3, -0.25) is 4.79 Å². The van der Waals surface area contributed by atoms with E-state index in [1.165, 1.54) is 6.33 Å². The van der Waals surface area contributed by atoms with Gasteiger partial charge in [-0.1, -0.05) is 12.1 Å². The molecule has 0 radical (unpaired) electrons. The van der Waals surface area contributed by atoms with Gasteiger partial charge in [0, 0.05) is 26.2 Å². The minimum Gasteiger partial charge on any atom is -0.485 e. The van der Waals surface area contributed by atoms with Crippen LogP contribution >= 0.6 is 0 Å². The number of para-hydroxylation sites is 2. The number of hydrogen-bond donors (Lipinski definition) is 0. The van der Waals surface area contributed by atoms with Gasteiger partial charge in [-0.15, -0.1) is 10.2 Å². The predicted molar refractivity (Wildman–Crippen MR) is 102 cm³/mol. The summed E-state index contributed by atoms with van der Waals surface area (Å²) in [5.74, 6) is 2.61. The summed E-state index contributed by atoms with van der Waals surface area (Å²) < 4.78 is 13.1. The highest BCUT2D eigenvalue weighted by Crippen LogP contribution is 2.31. The number of nitrogens with zero attached hydrogens (tertiary/aromatic N) is 7. The Balaban J connectivity index is 1.19. The summed E-state index contributed by atoms with van der Waals surface area (Å²) in [5.41, 5.74) is 0. The molecule has 1 amide bonds. The zero-order chi connectivity index (χ0) is 19.6. The van der Waals surface area contributed by atoms with Gasteiger partial charge < -0.3 is 19.3 Å². The smallest absolute Gasteiger partial charge is 0.267 e. The topological polar surface area (TPSA) is 98.5 Å². The van der Waals surface area contributed by atoms with Crippen molar-refractivity contribution < 1.29 is 14.3 Å². The lowest BCUT2D eigenvalue weighted by Crippen LogP contribution is -2.54. The van der Waals surface area contributed by atoms with Crippen LogP contribution in [0.3, 0.4) is 0 Å². The van der Waals surface area contributed by atoms with Crippen LogP contribution in [0.25, 0.3) is 5.82 Å². The molecule has 4 heterocycles. The van der Waals surface area contributed by atoms with Crippen LogP contribution in [-0.2, 0) is 4.79 Å². The van der Waals surface area contributed by atoms with E-state index in [9.17, 15) is 4.79 Å². The average molecular weight is 393 g/mol. The molecule has 0 N–H and O–H groups in total. The van der Waals surface area contributed by atoms with E-state index >= 15 is 0 Å². The Morgan fingerprint density at radius 1 is 0.966 bits per heavy atom. The fourth-order valence-electron chi connectivity index (χ4n) is 3.44. The van der Waals surface area contributed by atoms with Crippen molar-refractivity contribution in [2.75, 3.05) is 37.7 Å². The molecule has 0 saturated carbocycles. The minimum absolute atomic E-state index is 0.0493. The minimum atomic E-state index is -0.613. The van der Waals surface area contributed by atoms with Gasteiger partial charge in [-0.05, 0) is 24.3 Å². The molecule has 1 unspecified atom stereocenters. The first-order valence-electron chi connectivity index (χ1n) is 9.39. The normalized spacial score (nSPS) is 18.6. The fraction of sp³-hybridized carbons (Fsp3) is 0.316. The Labute approximate surface area is 166 Å². The van der Waals surface area contributed by atoms with E-state index in [0.717, 1.165) is 5.82 Å². The molecule has 0 spiro atoms. The van der Waals surface area contributed by atoms with E-state index in [2.05, 4.69) is 25.2 Å². The van der Waals surface area contributed by atoms with E-state index < -0.39 is 6.10 Å². The number of hydrogen-bond acceptors (Lipinski definition) is 8. The van der Waals surface area contributed by atoms with E-state index in [-0.39, 0.29) is 12.5 Å². The summed E-state index contributed by atoms with van der Waals surface area (Å²) in [6.07, 6.45) is 2.41. The molecule has 29 heavy (non-hydrogen) atoms. The van der Waals surface area contributed by atoms with Crippen LogP contribution in [0.4, 0.5) is 5.82 Å². The zero-order valence-electron chi connectivity index (χ0n) is 15.6. The maximum atomic E-state index is 12.8. The number of carbonyl (C=O) groups excluding carboxylic acids is 1. The molecule has 1 atom stereocenters. The highest BCUT2D eigenvalue weighted by atomic mass is 16.6. The summed E-state index contributed by atoms with van der Waals surface area (Å²) >= 11 is 0. The molecule has 148 valence electrons. The molecule has 2 aliphatic heterocycles. The molecule has 1 fully saturated rings. The van der Waals surface area contributed by atoms with Crippen LogP contribution in [-0.4, -0.2) is 74.7 Å². The molecule has 10 nitrogen and oxygen atoms in total. The van der Waals surface area contributed by atoms with Gasteiger partial charge in [0.05, 0.1) is 0 Å². The SMILES string of the molecule is O=C(C1COc2ccccc2O1)N1CCN(c2ccc(-n3cncn3)nn2)CC1. The number of carbonyl (C=O) groups is 1. The molecular weight excluding hydrogens is 374 g/mol. The molecule has 5 rings (SSSR count). The Bertz CT molecular complexity index is 985. The molecule has 10 heteroatoms. The van der Waals surface area contributed by atoms with Gasteiger partial charge in [-0.25, -0.2) is 9.67 Å². The average Bonchev–Trinajstić information content (AvgIpc) is 3.33. The highest BCUT2D eigenvalue weighted by Gasteiger charge is 2.32. The Morgan fingerprint density at radius 2 is 1.72 bits per heavy atom. The van der Waals surface area contributed by atoms with Crippen molar-refractivity contribution in [2.24, 2.45) is 0 Å². The number of piperazine rings is 1. The number of amides is 1. The first-order valence-corrected chi connectivity index (χ1v) is 9.39. The van der Waals surface area contributed by atoms with Crippen molar-refractivity contribution in [3.63, 3.8) is 0 Å². The molecule has 2 aliphatic rings. The van der Waals surface area contributed by atoms with E-state index in [1.54, 1.807) is 11.0 Å². The highest BCUT2D eigenvalue weighted by molar-refractivity contribution is 5.82. The van der Waals surface area contributed by atoms with Crippen LogP contribution in [0.5, 0.6) is 11.5 Å². The van der Waals surface area contributed by atoms with E-state index in [1.807, 2.05) is 41.3 Å². The van der Waals surface area contributed by atoms with Crippen molar-refractivity contribution in [1.82, 2.24) is 29.9 Å². The zero-order valence-corrected chi connectivity index (χ0v) is 15.6. The van der Waals surface area contributed by atoms with Crippen molar-refractivity contribution in [3.8, 4) is 17.3 Å². The molecule has 0 aliphatic carbocycles. The van der Waals surface area contributed by atoms with Gasteiger partial charge in [0.1, 0.15) is 19.3 Å². The lowest BCUT2D eigenvalue weighted by atomic mass is 10.2. The summed E-state index contributed by atoms with van der Waals surface area (Å²) in [4.78, 5) is 20.7. The quantitative estimate of drug-likeness (QED) is 0.636. The lowest BCUT2D eigenvalue weighted by Gasteiger charge is -2.37. The Morgan fingerprint density at radius 3 is 2.45 bits per heavy atom. The molecular formula is C19H19N7O3. The van der Waals surface area contributed by atoms with Crippen molar-refractivity contribution in [3.05, 3.63) is 49.1 Å². The van der Waals surface area contributed by atoms with Crippen molar-refractivity contribution in [1.29, 1.82) is 0 Å². The third-order valence-electron chi connectivity index (χ3n) is 4.99. The first kappa shape index (κ1) is 17.4. The second-order valence-electron chi connectivity index (χ2n) is 6.77. The number of fused-ring (bicyclic) bond motifs is 1. The van der Waals surface area contributed by atoms with Crippen molar-refractivity contribution >= 4 is 11.7 Å². The number of rotatable bonds is 3. The molecule has 3 aromatic rings. The van der Waals surface area contributed by atoms with Crippen LogP contribution < -0.4 is 14.4 Å². The number of benzene rings is 1. The van der Waals surface area contributed by atoms with Crippen LogP contribution in [0.1, 0.15) is 0 Å². The van der Waals surface area contributed by atoms with Gasteiger partial charge >= 0.3 is 0 Å². The predicted octanol–water partition coefficient (Wildman–Crippen LogP) is 0.546. The number of anilines is 1.